The number of thiophene rings is 1. The smallest absolute Gasteiger partial charge is 0.142 e. The fraction of sp³-hybridized carbons (Fsp3) is 0.100. The Morgan fingerprint density at radius 3 is 2.48 bits per heavy atom. The number of aryl methyl sites for hydroxylation is 1. The maximum Gasteiger partial charge on any atom is 0.142 e. The molecule has 0 aliphatic rings. The lowest BCUT2D eigenvalue weighted by Crippen LogP contribution is -1.94. The summed E-state index contributed by atoms with van der Waals surface area (Å²) in [7, 11) is 0. The zero-order valence-electron chi connectivity index (χ0n) is 13.8. The van der Waals surface area contributed by atoms with Crippen molar-refractivity contribution in [1.29, 1.82) is 0 Å². The molecule has 0 bridgehead atoms. The second kappa shape index (κ2) is 6.91. The molecule has 4 aromatic rings. The molecule has 1 N–H and O–H groups in total. The molecule has 124 valence electrons. The maximum absolute atomic E-state index is 5.82. The van der Waals surface area contributed by atoms with Crippen molar-refractivity contribution in [2.75, 3.05) is 5.32 Å². The number of hydrogen-bond acceptors (Lipinski definition) is 5. The number of aromatic nitrogens is 2. The van der Waals surface area contributed by atoms with Crippen LogP contribution < -0.4 is 10.1 Å². The Morgan fingerprint density at radius 2 is 1.72 bits per heavy atom. The summed E-state index contributed by atoms with van der Waals surface area (Å²) < 4.78 is 5.82. The van der Waals surface area contributed by atoms with Gasteiger partial charge in [0.2, 0.25) is 0 Å². The molecular formula is C20H17N3OS. The van der Waals surface area contributed by atoms with E-state index in [0.717, 1.165) is 39.6 Å². The molecule has 0 fully saturated rings. The van der Waals surface area contributed by atoms with E-state index in [1.807, 2.05) is 54.6 Å². The Balaban J connectivity index is 1.54. The van der Waals surface area contributed by atoms with Crippen LogP contribution in [0.5, 0.6) is 11.5 Å². The van der Waals surface area contributed by atoms with Crippen LogP contribution in [0.25, 0.3) is 10.2 Å². The van der Waals surface area contributed by atoms with Crippen LogP contribution in [-0.4, -0.2) is 9.97 Å². The summed E-state index contributed by atoms with van der Waals surface area (Å²) in [5, 5.41) is 4.44. The predicted molar refractivity (Wildman–Crippen MR) is 103 cm³/mol. The van der Waals surface area contributed by atoms with Gasteiger partial charge in [0.25, 0.3) is 0 Å². The van der Waals surface area contributed by atoms with Gasteiger partial charge < -0.3 is 10.1 Å². The summed E-state index contributed by atoms with van der Waals surface area (Å²) in [6.07, 6.45) is 2.61. The molecule has 2 aromatic carbocycles. The van der Waals surface area contributed by atoms with E-state index < -0.39 is 0 Å². The summed E-state index contributed by atoms with van der Waals surface area (Å²) in [5.74, 6) is 2.46. The Morgan fingerprint density at radius 1 is 0.960 bits per heavy atom. The van der Waals surface area contributed by atoms with E-state index in [1.54, 1.807) is 17.7 Å². The van der Waals surface area contributed by atoms with E-state index >= 15 is 0 Å². The maximum atomic E-state index is 5.82. The van der Waals surface area contributed by atoms with Crippen molar-refractivity contribution in [3.8, 4) is 11.5 Å². The van der Waals surface area contributed by atoms with Gasteiger partial charge in [0, 0.05) is 10.6 Å². The highest BCUT2D eigenvalue weighted by Crippen LogP contribution is 2.30. The van der Waals surface area contributed by atoms with Crippen molar-refractivity contribution in [2.24, 2.45) is 0 Å². The van der Waals surface area contributed by atoms with Crippen molar-refractivity contribution in [1.82, 2.24) is 9.97 Å². The number of fused-ring (bicyclic) bond motifs is 1. The normalized spacial score (nSPS) is 10.8. The second-order valence-corrected chi connectivity index (χ2v) is 6.69. The molecular weight excluding hydrogens is 330 g/mol. The van der Waals surface area contributed by atoms with Gasteiger partial charge in [0.05, 0.1) is 5.39 Å². The molecule has 0 aliphatic heterocycles. The van der Waals surface area contributed by atoms with Gasteiger partial charge in [-0.15, -0.1) is 11.3 Å². The van der Waals surface area contributed by atoms with Crippen LogP contribution in [0.1, 0.15) is 11.8 Å². The standard InChI is InChI=1S/C20H17N3OS/c1-2-17-12-18-19(21-13-22-20(18)25-17)23-14-8-10-16(11-9-14)24-15-6-4-3-5-7-15/h3-13H,2H2,1H3,(H,21,22,23). The van der Waals surface area contributed by atoms with E-state index in [2.05, 4.69) is 28.3 Å². The van der Waals surface area contributed by atoms with E-state index in [-0.39, 0.29) is 0 Å². The third-order valence-corrected chi connectivity index (χ3v) is 5.01. The fourth-order valence-electron chi connectivity index (χ4n) is 2.55. The quantitative estimate of drug-likeness (QED) is 0.496. The molecule has 0 saturated carbocycles. The number of benzene rings is 2. The van der Waals surface area contributed by atoms with Crippen LogP contribution in [0.3, 0.4) is 0 Å². The van der Waals surface area contributed by atoms with E-state index in [0.29, 0.717) is 0 Å². The first-order chi connectivity index (χ1) is 12.3. The van der Waals surface area contributed by atoms with Gasteiger partial charge in [-0.05, 0) is 48.9 Å². The zero-order chi connectivity index (χ0) is 17.1. The Labute approximate surface area is 150 Å². The molecule has 25 heavy (non-hydrogen) atoms. The molecule has 0 spiro atoms. The summed E-state index contributed by atoms with van der Waals surface area (Å²) in [4.78, 5) is 11.1. The van der Waals surface area contributed by atoms with Crippen molar-refractivity contribution < 1.29 is 4.74 Å². The fourth-order valence-corrected chi connectivity index (χ4v) is 3.48. The Hall–Kier alpha value is -2.92. The number of anilines is 2. The highest BCUT2D eigenvalue weighted by molar-refractivity contribution is 7.18. The number of hydrogen-bond donors (Lipinski definition) is 1. The molecule has 2 heterocycles. The van der Waals surface area contributed by atoms with E-state index in [4.69, 9.17) is 4.74 Å². The lowest BCUT2D eigenvalue weighted by atomic mass is 10.2. The minimum Gasteiger partial charge on any atom is -0.457 e. The molecule has 4 rings (SSSR count). The average Bonchev–Trinajstić information content (AvgIpc) is 3.09. The molecule has 0 atom stereocenters. The molecule has 0 unspecified atom stereocenters. The lowest BCUT2D eigenvalue weighted by Gasteiger charge is -2.08. The molecule has 0 saturated heterocycles. The molecule has 0 aliphatic carbocycles. The Bertz CT molecular complexity index is 981. The number of para-hydroxylation sites is 1. The van der Waals surface area contributed by atoms with Crippen LogP contribution >= 0.6 is 11.3 Å². The minimum atomic E-state index is 0.799. The van der Waals surface area contributed by atoms with Gasteiger partial charge in [-0.2, -0.15) is 0 Å². The zero-order valence-corrected chi connectivity index (χ0v) is 14.6. The molecule has 0 amide bonds. The van der Waals surface area contributed by atoms with Crippen LogP contribution in [0, 0.1) is 0 Å². The van der Waals surface area contributed by atoms with Gasteiger partial charge in [0.15, 0.2) is 0 Å². The average molecular weight is 347 g/mol. The van der Waals surface area contributed by atoms with Gasteiger partial charge in [-0.25, -0.2) is 9.97 Å². The first-order valence-corrected chi connectivity index (χ1v) is 8.97. The minimum absolute atomic E-state index is 0.799. The Kier molecular flexibility index (Phi) is 4.31. The first kappa shape index (κ1) is 15.6. The van der Waals surface area contributed by atoms with Crippen molar-refractivity contribution >= 4 is 33.1 Å². The van der Waals surface area contributed by atoms with E-state index in [9.17, 15) is 0 Å². The third kappa shape index (κ3) is 3.46. The van der Waals surface area contributed by atoms with Crippen molar-refractivity contribution in [2.45, 2.75) is 13.3 Å². The number of ether oxygens (including phenoxy) is 1. The van der Waals surface area contributed by atoms with Gasteiger partial charge in [-0.3, -0.25) is 0 Å². The van der Waals surface area contributed by atoms with Gasteiger partial charge in [0.1, 0.15) is 28.5 Å². The monoisotopic (exact) mass is 347 g/mol. The number of nitrogens with zero attached hydrogens (tertiary/aromatic N) is 2. The number of rotatable bonds is 5. The lowest BCUT2D eigenvalue weighted by molar-refractivity contribution is 0.483. The molecule has 0 radical (unpaired) electrons. The van der Waals surface area contributed by atoms with Gasteiger partial charge in [-0.1, -0.05) is 25.1 Å². The van der Waals surface area contributed by atoms with Crippen molar-refractivity contribution in [3.63, 3.8) is 0 Å². The molecule has 4 nitrogen and oxygen atoms in total. The van der Waals surface area contributed by atoms with Crippen LogP contribution in [0.2, 0.25) is 0 Å². The molecule has 2 aromatic heterocycles. The summed E-state index contributed by atoms with van der Waals surface area (Å²) in [6, 6.07) is 19.8. The largest absolute Gasteiger partial charge is 0.457 e. The summed E-state index contributed by atoms with van der Waals surface area (Å²) in [6.45, 7) is 2.15. The third-order valence-electron chi connectivity index (χ3n) is 3.82. The van der Waals surface area contributed by atoms with Crippen LogP contribution in [0.15, 0.2) is 67.0 Å². The van der Waals surface area contributed by atoms with Gasteiger partial charge >= 0.3 is 0 Å². The summed E-state index contributed by atoms with van der Waals surface area (Å²) in [5.41, 5.74) is 0.963. The first-order valence-electron chi connectivity index (χ1n) is 8.15. The second-order valence-electron chi connectivity index (χ2n) is 5.57. The van der Waals surface area contributed by atoms with Crippen LogP contribution in [0.4, 0.5) is 11.5 Å². The van der Waals surface area contributed by atoms with E-state index in [1.165, 1.54) is 4.88 Å². The molecule has 5 heteroatoms. The highest BCUT2D eigenvalue weighted by atomic mass is 32.1. The SMILES string of the molecule is CCc1cc2c(Nc3ccc(Oc4ccccc4)cc3)ncnc2s1. The highest BCUT2D eigenvalue weighted by Gasteiger charge is 2.08. The number of nitrogens with one attached hydrogen (secondary N) is 1. The van der Waals surface area contributed by atoms with Crippen LogP contribution in [-0.2, 0) is 6.42 Å². The predicted octanol–water partition coefficient (Wildman–Crippen LogP) is 5.79. The topological polar surface area (TPSA) is 47.0 Å². The van der Waals surface area contributed by atoms with Crippen molar-refractivity contribution in [3.05, 3.63) is 71.9 Å². The summed E-state index contributed by atoms with van der Waals surface area (Å²) >= 11 is 1.71.